The molecule has 0 unspecified atom stereocenters. The number of ether oxygens (including phenoxy) is 1. The third-order valence-electron chi connectivity index (χ3n) is 1.58. The zero-order chi connectivity index (χ0) is 5.40. The zero-order valence-corrected chi connectivity index (χ0v) is 5.49. The molecule has 0 aromatic carbocycles. The van der Waals surface area contributed by atoms with Gasteiger partial charge in [-0.3, -0.25) is 4.90 Å². The van der Waals surface area contributed by atoms with Gasteiger partial charge in [-0.15, -0.1) is 11.8 Å². The molecule has 0 radical (unpaired) electrons. The lowest BCUT2D eigenvalue weighted by Gasteiger charge is -2.08. The van der Waals surface area contributed by atoms with Gasteiger partial charge in [0.2, 0.25) is 0 Å². The molecule has 2 aliphatic heterocycles. The quantitative estimate of drug-likeness (QED) is 0.470. The van der Waals surface area contributed by atoms with E-state index in [0.717, 1.165) is 13.2 Å². The summed E-state index contributed by atoms with van der Waals surface area (Å²) in [5, 5.41) is 0. The molecule has 2 aliphatic rings. The number of hydrogen-bond acceptors (Lipinski definition) is 3. The van der Waals surface area contributed by atoms with Crippen molar-refractivity contribution in [1.82, 2.24) is 4.90 Å². The molecule has 0 saturated carbocycles. The highest BCUT2D eigenvalue weighted by atomic mass is 32.2. The zero-order valence-electron chi connectivity index (χ0n) is 4.67. The summed E-state index contributed by atoms with van der Waals surface area (Å²) < 4.78 is 5.37. The maximum absolute atomic E-state index is 5.37. The monoisotopic (exact) mass is 131 g/mol. The van der Waals surface area contributed by atoms with Gasteiger partial charge in [-0.1, -0.05) is 0 Å². The number of rotatable bonds is 0. The van der Waals surface area contributed by atoms with E-state index in [4.69, 9.17) is 4.74 Å². The summed E-state index contributed by atoms with van der Waals surface area (Å²) in [5.41, 5.74) is 0.426. The fraction of sp³-hybridized carbons (Fsp3) is 1.00. The van der Waals surface area contributed by atoms with Gasteiger partial charge in [-0.05, 0) is 0 Å². The molecular weight excluding hydrogens is 122 g/mol. The second-order valence-electron chi connectivity index (χ2n) is 2.08. The van der Waals surface area contributed by atoms with E-state index in [1.165, 1.54) is 12.3 Å². The van der Waals surface area contributed by atoms with Gasteiger partial charge in [0.25, 0.3) is 0 Å². The molecule has 3 heteroatoms. The molecule has 0 aromatic heterocycles. The Morgan fingerprint density at radius 2 is 2.50 bits per heavy atom. The summed E-state index contributed by atoms with van der Waals surface area (Å²) >= 11 is 1.92. The SMILES string of the molecule is C1CN2CCS[C@H]2O1. The molecule has 1 atom stereocenters. The van der Waals surface area contributed by atoms with E-state index in [1.54, 1.807) is 0 Å². The summed E-state index contributed by atoms with van der Waals surface area (Å²) in [6.07, 6.45) is 0. The average molecular weight is 131 g/mol. The summed E-state index contributed by atoms with van der Waals surface area (Å²) in [4.78, 5) is 2.38. The molecular formula is C5H9NOS. The Kier molecular flexibility index (Phi) is 1.21. The molecule has 0 amide bonds. The van der Waals surface area contributed by atoms with E-state index < -0.39 is 0 Å². The van der Waals surface area contributed by atoms with Gasteiger partial charge in [0, 0.05) is 18.8 Å². The Morgan fingerprint density at radius 1 is 1.50 bits per heavy atom. The molecule has 0 aromatic rings. The van der Waals surface area contributed by atoms with E-state index in [9.17, 15) is 0 Å². The van der Waals surface area contributed by atoms with Crippen LogP contribution in [0.2, 0.25) is 0 Å². The van der Waals surface area contributed by atoms with Gasteiger partial charge in [0.1, 0.15) is 0 Å². The molecule has 2 heterocycles. The van der Waals surface area contributed by atoms with Crippen LogP contribution in [0, 0.1) is 0 Å². The van der Waals surface area contributed by atoms with Crippen molar-refractivity contribution >= 4 is 11.8 Å². The van der Waals surface area contributed by atoms with E-state index in [1.807, 2.05) is 11.8 Å². The molecule has 0 bridgehead atoms. The largest absolute Gasteiger partial charge is 0.352 e. The lowest BCUT2D eigenvalue weighted by Crippen LogP contribution is -2.21. The van der Waals surface area contributed by atoms with Crippen molar-refractivity contribution in [2.45, 2.75) is 5.56 Å². The molecule has 2 saturated heterocycles. The van der Waals surface area contributed by atoms with Crippen LogP contribution < -0.4 is 0 Å². The van der Waals surface area contributed by atoms with E-state index >= 15 is 0 Å². The van der Waals surface area contributed by atoms with Gasteiger partial charge in [0.05, 0.1) is 6.61 Å². The highest BCUT2D eigenvalue weighted by molar-refractivity contribution is 7.99. The molecule has 2 fully saturated rings. The Bertz CT molecular complexity index is 78.4. The van der Waals surface area contributed by atoms with Crippen LogP contribution in [0.4, 0.5) is 0 Å². The Labute approximate surface area is 53.2 Å². The van der Waals surface area contributed by atoms with Crippen LogP contribution in [0.15, 0.2) is 0 Å². The first-order valence-electron chi connectivity index (χ1n) is 2.94. The molecule has 0 aliphatic carbocycles. The van der Waals surface area contributed by atoms with Crippen LogP contribution >= 0.6 is 11.8 Å². The Hall–Kier alpha value is 0.270. The van der Waals surface area contributed by atoms with Crippen LogP contribution in [-0.4, -0.2) is 35.9 Å². The topological polar surface area (TPSA) is 12.5 Å². The van der Waals surface area contributed by atoms with Crippen molar-refractivity contribution in [3.8, 4) is 0 Å². The normalized spacial score (nSPS) is 38.2. The minimum absolute atomic E-state index is 0.426. The third-order valence-corrected chi connectivity index (χ3v) is 2.71. The minimum Gasteiger partial charge on any atom is -0.352 e. The number of hydrogen-bond donors (Lipinski definition) is 0. The maximum atomic E-state index is 5.37. The number of fused-ring (bicyclic) bond motifs is 1. The van der Waals surface area contributed by atoms with Gasteiger partial charge >= 0.3 is 0 Å². The van der Waals surface area contributed by atoms with E-state index in [0.29, 0.717) is 5.56 Å². The fourth-order valence-corrected chi connectivity index (χ4v) is 2.28. The summed E-state index contributed by atoms with van der Waals surface area (Å²) in [7, 11) is 0. The molecule has 46 valence electrons. The van der Waals surface area contributed by atoms with Crippen molar-refractivity contribution < 1.29 is 4.74 Å². The van der Waals surface area contributed by atoms with E-state index in [-0.39, 0.29) is 0 Å². The van der Waals surface area contributed by atoms with Crippen molar-refractivity contribution in [3.05, 3.63) is 0 Å². The van der Waals surface area contributed by atoms with Crippen LogP contribution in [0.25, 0.3) is 0 Å². The lowest BCUT2D eigenvalue weighted by molar-refractivity contribution is 0.120. The predicted molar refractivity (Wildman–Crippen MR) is 33.8 cm³/mol. The number of nitrogens with zero attached hydrogens (tertiary/aromatic N) is 1. The Morgan fingerprint density at radius 3 is 3.38 bits per heavy atom. The maximum Gasteiger partial charge on any atom is 0.158 e. The van der Waals surface area contributed by atoms with Crippen molar-refractivity contribution in [2.75, 3.05) is 25.4 Å². The summed E-state index contributed by atoms with van der Waals surface area (Å²) in [6, 6.07) is 0. The summed E-state index contributed by atoms with van der Waals surface area (Å²) in [5.74, 6) is 1.25. The predicted octanol–water partition coefficient (Wildman–Crippen LogP) is 0.349. The van der Waals surface area contributed by atoms with Crippen molar-refractivity contribution in [3.63, 3.8) is 0 Å². The minimum atomic E-state index is 0.426. The smallest absolute Gasteiger partial charge is 0.158 e. The molecule has 2 rings (SSSR count). The van der Waals surface area contributed by atoms with Crippen LogP contribution in [0.1, 0.15) is 0 Å². The number of thioether (sulfide) groups is 1. The first-order chi connectivity index (χ1) is 3.97. The second kappa shape index (κ2) is 1.90. The van der Waals surface area contributed by atoms with Crippen LogP contribution in [0.5, 0.6) is 0 Å². The highest BCUT2D eigenvalue weighted by Crippen LogP contribution is 2.27. The van der Waals surface area contributed by atoms with Gasteiger partial charge in [-0.25, -0.2) is 0 Å². The lowest BCUT2D eigenvalue weighted by atomic mass is 10.6. The second-order valence-corrected chi connectivity index (χ2v) is 3.23. The molecule has 0 spiro atoms. The summed E-state index contributed by atoms with van der Waals surface area (Å²) in [6.45, 7) is 3.32. The van der Waals surface area contributed by atoms with Crippen LogP contribution in [0.3, 0.4) is 0 Å². The van der Waals surface area contributed by atoms with Gasteiger partial charge in [0.15, 0.2) is 5.56 Å². The third kappa shape index (κ3) is 0.658. The molecule has 2 nitrogen and oxygen atoms in total. The van der Waals surface area contributed by atoms with Crippen LogP contribution in [-0.2, 0) is 4.74 Å². The standard InChI is InChI=1S/C5H9NOS/c1-3-7-5-6(1)2-4-8-5/h5H,1-4H2/t5-/m1/s1. The Balaban J connectivity index is 2.04. The van der Waals surface area contributed by atoms with Crippen molar-refractivity contribution in [2.24, 2.45) is 0 Å². The highest BCUT2D eigenvalue weighted by Gasteiger charge is 2.29. The molecule has 8 heavy (non-hydrogen) atoms. The van der Waals surface area contributed by atoms with Crippen molar-refractivity contribution in [1.29, 1.82) is 0 Å². The van der Waals surface area contributed by atoms with E-state index in [2.05, 4.69) is 4.90 Å². The average Bonchev–Trinajstić information content (AvgIpc) is 2.15. The van der Waals surface area contributed by atoms with Gasteiger partial charge < -0.3 is 4.74 Å². The first-order valence-corrected chi connectivity index (χ1v) is 3.99. The fourth-order valence-electron chi connectivity index (χ4n) is 1.12. The first kappa shape index (κ1) is 5.09. The molecule has 0 N–H and O–H groups in total. The van der Waals surface area contributed by atoms with Gasteiger partial charge in [-0.2, -0.15) is 0 Å².